The molecule has 37 heavy (non-hydrogen) atoms. The van der Waals surface area contributed by atoms with Crippen LogP contribution in [0, 0.1) is 17.3 Å². The third-order valence-electron chi connectivity index (χ3n) is 7.66. The summed E-state index contributed by atoms with van der Waals surface area (Å²) < 4.78 is 16.4. The molecule has 0 saturated carbocycles. The van der Waals surface area contributed by atoms with E-state index < -0.39 is 41.6 Å². The normalized spacial score (nSPS) is 33.8. The van der Waals surface area contributed by atoms with Crippen LogP contribution in [0.15, 0.2) is 11.0 Å². The minimum Gasteiger partial charge on any atom is -0.464 e. The summed E-state index contributed by atoms with van der Waals surface area (Å²) in [4.78, 5) is 42.1. The van der Waals surface area contributed by atoms with Crippen molar-refractivity contribution in [3.8, 4) is 0 Å². The number of aromatic nitrogens is 1. The van der Waals surface area contributed by atoms with Gasteiger partial charge in [0, 0.05) is 17.7 Å². The molecule has 3 heterocycles. The number of ketones is 1. The van der Waals surface area contributed by atoms with Gasteiger partial charge >= 0.3 is 11.9 Å². The minimum atomic E-state index is -1.28. The van der Waals surface area contributed by atoms with Crippen molar-refractivity contribution >= 4 is 35.1 Å². The van der Waals surface area contributed by atoms with Gasteiger partial charge < -0.3 is 24.4 Å². The fourth-order valence-electron chi connectivity index (χ4n) is 4.87. The summed E-state index contributed by atoms with van der Waals surface area (Å²) >= 11 is 1.16. The molecule has 2 aliphatic rings. The lowest BCUT2D eigenvalue weighted by Crippen LogP contribution is -2.45. The van der Waals surface area contributed by atoms with Crippen molar-refractivity contribution in [2.75, 3.05) is 7.11 Å². The van der Waals surface area contributed by atoms with Gasteiger partial charge in [0.25, 0.3) is 0 Å². The van der Waals surface area contributed by atoms with Crippen LogP contribution in [0.5, 0.6) is 0 Å². The average Bonchev–Trinajstić information content (AvgIpc) is 3.42. The first-order valence-corrected chi connectivity index (χ1v) is 13.7. The largest absolute Gasteiger partial charge is 0.464 e. The lowest BCUT2D eigenvalue weighted by molar-refractivity contribution is -0.154. The number of ether oxygens (including phenoxy) is 3. The molecule has 2 fully saturated rings. The van der Waals surface area contributed by atoms with E-state index in [1.54, 1.807) is 32.2 Å². The van der Waals surface area contributed by atoms with E-state index in [2.05, 4.69) is 4.98 Å². The van der Waals surface area contributed by atoms with Gasteiger partial charge in [-0.05, 0) is 37.3 Å². The van der Waals surface area contributed by atoms with Crippen molar-refractivity contribution in [1.29, 1.82) is 0 Å². The Morgan fingerprint density at radius 2 is 1.92 bits per heavy atom. The molecule has 1 aromatic heterocycles. The van der Waals surface area contributed by atoms with Crippen molar-refractivity contribution in [1.82, 2.24) is 4.98 Å². The van der Waals surface area contributed by atoms with Crippen LogP contribution in [0.3, 0.4) is 0 Å². The van der Waals surface area contributed by atoms with E-state index in [0.29, 0.717) is 12.1 Å². The maximum Gasteiger partial charge on any atom is 0.367 e. The Labute approximate surface area is 222 Å². The number of carbonyl (C=O) groups excluding carboxylic acids is 3. The highest BCUT2D eigenvalue weighted by molar-refractivity contribution is 7.11. The van der Waals surface area contributed by atoms with Crippen LogP contribution >= 0.6 is 11.3 Å². The molecular formula is C27H39NO8S. The van der Waals surface area contributed by atoms with E-state index >= 15 is 0 Å². The number of Topliss-reactive ketones (excluding diaryl/α,β-unsaturated/α-hetero) is 1. The van der Waals surface area contributed by atoms with Crippen LogP contribution in [0.25, 0.3) is 6.08 Å². The van der Waals surface area contributed by atoms with E-state index in [-0.39, 0.29) is 35.3 Å². The first-order valence-electron chi connectivity index (χ1n) is 12.8. The zero-order valence-corrected chi connectivity index (χ0v) is 23.2. The van der Waals surface area contributed by atoms with Crippen LogP contribution in [0.1, 0.15) is 82.2 Å². The number of methoxy groups -OCH3 is 1. The fraction of sp³-hybridized carbons (Fsp3) is 0.704. The Morgan fingerprint density at radius 1 is 1.22 bits per heavy atom. The lowest BCUT2D eigenvalue weighted by Gasteiger charge is -2.34. The number of epoxide rings is 1. The minimum absolute atomic E-state index is 0.0417. The second-order valence-corrected chi connectivity index (χ2v) is 11.7. The molecule has 2 N–H and O–H groups in total. The van der Waals surface area contributed by atoms with Gasteiger partial charge in [0.2, 0.25) is 5.01 Å². The summed E-state index contributed by atoms with van der Waals surface area (Å²) in [5.41, 5.74) is 0.0277. The summed E-state index contributed by atoms with van der Waals surface area (Å²) in [6.45, 7) is 8.61. The molecule has 0 unspecified atom stereocenters. The molecule has 0 bridgehead atoms. The smallest absolute Gasteiger partial charge is 0.367 e. The predicted molar refractivity (Wildman–Crippen MR) is 138 cm³/mol. The number of aliphatic hydroxyl groups is 2. The topological polar surface area (TPSA) is 136 Å². The number of fused-ring (bicyclic) bond motifs is 1. The zero-order chi connectivity index (χ0) is 27.5. The average molecular weight is 538 g/mol. The van der Waals surface area contributed by atoms with Gasteiger partial charge in [-0.25, -0.2) is 9.78 Å². The van der Waals surface area contributed by atoms with Gasteiger partial charge in [0.05, 0.1) is 49.1 Å². The van der Waals surface area contributed by atoms with Gasteiger partial charge in [0.1, 0.15) is 11.9 Å². The molecular weight excluding hydrogens is 498 g/mol. The van der Waals surface area contributed by atoms with Gasteiger partial charge in [-0.1, -0.05) is 34.1 Å². The Balaban J connectivity index is 1.82. The second-order valence-electron chi connectivity index (χ2n) is 10.9. The highest BCUT2D eigenvalue weighted by atomic mass is 32.1. The number of nitrogens with zero attached hydrogens (tertiary/aromatic N) is 1. The van der Waals surface area contributed by atoms with Crippen molar-refractivity contribution in [3.05, 3.63) is 21.7 Å². The van der Waals surface area contributed by atoms with Crippen LogP contribution < -0.4 is 0 Å². The van der Waals surface area contributed by atoms with Gasteiger partial charge in [0.15, 0.2) is 0 Å². The summed E-state index contributed by atoms with van der Waals surface area (Å²) in [6, 6.07) is 0. The van der Waals surface area contributed by atoms with Crippen molar-refractivity contribution < 1.29 is 38.8 Å². The van der Waals surface area contributed by atoms with Crippen LogP contribution in [0.4, 0.5) is 0 Å². The second kappa shape index (κ2) is 12.1. The maximum absolute atomic E-state index is 13.2. The van der Waals surface area contributed by atoms with Crippen LogP contribution in [-0.2, 0) is 23.8 Å². The number of hydrogen-bond acceptors (Lipinski definition) is 10. The number of esters is 2. The summed E-state index contributed by atoms with van der Waals surface area (Å²) in [5.74, 6) is -2.21. The monoisotopic (exact) mass is 537 g/mol. The molecule has 0 spiro atoms. The summed E-state index contributed by atoms with van der Waals surface area (Å²) in [6.07, 6.45) is 1.47. The molecule has 2 aliphatic heterocycles. The van der Waals surface area contributed by atoms with Gasteiger partial charge in [-0.2, -0.15) is 0 Å². The SMILES string of the molecule is COC(=O)c1nc(C=C(C)[C@@H]2C[C@@H]3O[C@@H]3CCC[C@H](C)[C@H](O)[C@@H](C)C(=O)C(C)(C)[C@@H](O)CC(=O)O2)cs1. The third-order valence-corrected chi connectivity index (χ3v) is 8.50. The molecule has 2 saturated heterocycles. The van der Waals surface area contributed by atoms with E-state index in [1.807, 2.05) is 13.8 Å². The molecule has 0 radical (unpaired) electrons. The molecule has 7 atom stereocenters. The van der Waals surface area contributed by atoms with Gasteiger partial charge in [-0.15, -0.1) is 11.3 Å². The van der Waals surface area contributed by atoms with Gasteiger partial charge in [-0.3, -0.25) is 9.59 Å². The highest BCUT2D eigenvalue weighted by Gasteiger charge is 2.44. The number of thiazole rings is 1. The molecule has 3 rings (SSSR count). The quantitative estimate of drug-likeness (QED) is 0.438. The fourth-order valence-corrected chi connectivity index (χ4v) is 5.56. The third kappa shape index (κ3) is 7.25. The van der Waals surface area contributed by atoms with E-state index in [0.717, 1.165) is 36.2 Å². The van der Waals surface area contributed by atoms with E-state index in [1.165, 1.54) is 7.11 Å². The molecule has 0 aromatic carbocycles. The number of cyclic esters (lactones) is 1. The number of rotatable bonds is 3. The summed E-state index contributed by atoms with van der Waals surface area (Å²) in [7, 11) is 1.29. The Morgan fingerprint density at radius 3 is 2.59 bits per heavy atom. The first kappa shape index (κ1) is 29.4. The zero-order valence-electron chi connectivity index (χ0n) is 22.4. The van der Waals surface area contributed by atoms with Crippen LogP contribution in [0.2, 0.25) is 0 Å². The van der Waals surface area contributed by atoms with Crippen molar-refractivity contribution in [3.63, 3.8) is 0 Å². The molecule has 9 nitrogen and oxygen atoms in total. The maximum atomic E-state index is 13.2. The number of aliphatic hydroxyl groups excluding tert-OH is 2. The summed E-state index contributed by atoms with van der Waals surface area (Å²) in [5, 5.41) is 23.6. The Bertz CT molecular complexity index is 1020. The Kier molecular flexibility index (Phi) is 9.66. The van der Waals surface area contributed by atoms with E-state index in [9.17, 15) is 24.6 Å². The predicted octanol–water partition coefficient (Wildman–Crippen LogP) is 3.57. The van der Waals surface area contributed by atoms with E-state index in [4.69, 9.17) is 14.2 Å². The standard InChI is InChI=1S/C27H39NO8S/c1-14-8-7-9-18-20(35-18)11-19(15(2)10-17-13-37-25(28-17)26(33)34-6)36-22(30)12-21(29)27(4,5)24(32)16(3)23(14)31/h10,13-14,16,18-21,23,29,31H,7-9,11-12H2,1-6H3/t14-,16+,18+,19-,20-,21-,23-/m0/s1. The van der Waals surface area contributed by atoms with Crippen molar-refractivity contribution in [2.24, 2.45) is 17.3 Å². The molecule has 0 aliphatic carbocycles. The first-order chi connectivity index (χ1) is 17.3. The highest BCUT2D eigenvalue weighted by Crippen LogP contribution is 2.36. The molecule has 10 heteroatoms. The van der Waals surface area contributed by atoms with Crippen molar-refractivity contribution in [2.45, 2.75) is 97.2 Å². The number of carbonyl (C=O) groups is 3. The Hall–Kier alpha value is -2.14. The lowest BCUT2D eigenvalue weighted by atomic mass is 9.73. The van der Waals surface area contributed by atoms with Crippen LogP contribution in [-0.4, -0.2) is 70.5 Å². The molecule has 0 amide bonds. The molecule has 1 aromatic rings. The number of hydrogen-bond donors (Lipinski definition) is 2. The molecule has 206 valence electrons.